The van der Waals surface area contributed by atoms with Crippen LogP contribution in [0.15, 0.2) is 36.4 Å². The molecular weight excluding hydrogens is 286 g/mol. The predicted molar refractivity (Wildman–Crippen MR) is 86.2 cm³/mol. The molecule has 110 valence electrons. The number of halogens is 1. The summed E-state index contributed by atoms with van der Waals surface area (Å²) in [6, 6.07) is 11.3. The molecule has 4 heteroatoms. The van der Waals surface area contributed by atoms with Crippen LogP contribution >= 0.6 is 11.6 Å². The van der Waals surface area contributed by atoms with Crippen molar-refractivity contribution in [2.45, 2.75) is 20.8 Å². The fourth-order valence-corrected chi connectivity index (χ4v) is 2.36. The van der Waals surface area contributed by atoms with Crippen LogP contribution in [0.5, 0.6) is 5.75 Å². The molecule has 0 aliphatic heterocycles. The number of hydrogen-bond donors (Lipinski definition) is 1. The first kappa shape index (κ1) is 15.4. The third kappa shape index (κ3) is 4.50. The first-order valence-electron chi connectivity index (χ1n) is 6.71. The second-order valence-electron chi connectivity index (χ2n) is 5.14. The molecule has 0 aliphatic rings. The lowest BCUT2D eigenvalue weighted by molar-refractivity contribution is -0.118. The zero-order chi connectivity index (χ0) is 15.4. The summed E-state index contributed by atoms with van der Waals surface area (Å²) in [5, 5.41) is 3.26. The molecule has 2 rings (SSSR count). The van der Waals surface area contributed by atoms with Gasteiger partial charge in [0.1, 0.15) is 5.75 Å². The summed E-state index contributed by atoms with van der Waals surface area (Å²) in [5.41, 5.74) is 3.85. The first-order chi connectivity index (χ1) is 9.94. The second-order valence-corrected chi connectivity index (χ2v) is 5.55. The SMILES string of the molecule is Cc1cc(C)cc(OCC(=O)Nc2ccc(C)cc2Cl)c1. The van der Waals surface area contributed by atoms with E-state index in [1.807, 2.05) is 45.0 Å². The molecule has 0 heterocycles. The molecule has 0 bridgehead atoms. The van der Waals surface area contributed by atoms with Crippen LogP contribution < -0.4 is 10.1 Å². The summed E-state index contributed by atoms with van der Waals surface area (Å²) in [6.07, 6.45) is 0. The average Bonchev–Trinajstić information content (AvgIpc) is 2.39. The smallest absolute Gasteiger partial charge is 0.262 e. The Hall–Kier alpha value is -2.00. The fourth-order valence-electron chi connectivity index (χ4n) is 2.07. The van der Waals surface area contributed by atoms with Crippen LogP contribution in [0.25, 0.3) is 0 Å². The van der Waals surface area contributed by atoms with E-state index < -0.39 is 0 Å². The van der Waals surface area contributed by atoms with Crippen LogP contribution in [0.4, 0.5) is 5.69 Å². The van der Waals surface area contributed by atoms with Gasteiger partial charge in [-0.1, -0.05) is 23.7 Å². The van der Waals surface area contributed by atoms with Gasteiger partial charge in [0.15, 0.2) is 6.61 Å². The van der Waals surface area contributed by atoms with Gasteiger partial charge in [-0.05, 0) is 61.7 Å². The maximum Gasteiger partial charge on any atom is 0.262 e. The highest BCUT2D eigenvalue weighted by Gasteiger charge is 2.07. The molecule has 0 saturated heterocycles. The van der Waals surface area contributed by atoms with E-state index in [-0.39, 0.29) is 12.5 Å². The van der Waals surface area contributed by atoms with Gasteiger partial charge >= 0.3 is 0 Å². The Morgan fingerprint density at radius 1 is 1.05 bits per heavy atom. The van der Waals surface area contributed by atoms with Crippen molar-refractivity contribution in [1.82, 2.24) is 0 Å². The van der Waals surface area contributed by atoms with E-state index in [1.54, 1.807) is 6.07 Å². The van der Waals surface area contributed by atoms with Crippen molar-refractivity contribution in [3.8, 4) is 5.75 Å². The summed E-state index contributed by atoms with van der Waals surface area (Å²) in [5.74, 6) is 0.456. The molecule has 0 aromatic heterocycles. The molecule has 2 aromatic carbocycles. The molecule has 21 heavy (non-hydrogen) atoms. The maximum absolute atomic E-state index is 11.9. The zero-order valence-electron chi connectivity index (χ0n) is 12.4. The van der Waals surface area contributed by atoms with Gasteiger partial charge < -0.3 is 10.1 Å². The van der Waals surface area contributed by atoms with Crippen LogP contribution in [-0.4, -0.2) is 12.5 Å². The van der Waals surface area contributed by atoms with Crippen molar-refractivity contribution in [2.75, 3.05) is 11.9 Å². The van der Waals surface area contributed by atoms with Crippen LogP contribution in [0.2, 0.25) is 5.02 Å². The quantitative estimate of drug-likeness (QED) is 0.915. The van der Waals surface area contributed by atoms with Crippen LogP contribution in [0.3, 0.4) is 0 Å². The van der Waals surface area contributed by atoms with E-state index in [1.165, 1.54) is 0 Å². The first-order valence-corrected chi connectivity index (χ1v) is 7.09. The largest absolute Gasteiger partial charge is 0.484 e. The molecule has 0 atom stereocenters. The zero-order valence-corrected chi connectivity index (χ0v) is 13.1. The number of amides is 1. The minimum absolute atomic E-state index is 0.0485. The summed E-state index contributed by atoms with van der Waals surface area (Å²) in [6.45, 7) is 5.88. The van der Waals surface area contributed by atoms with Crippen LogP contribution in [-0.2, 0) is 4.79 Å². The highest BCUT2D eigenvalue weighted by atomic mass is 35.5. The molecule has 3 nitrogen and oxygen atoms in total. The van der Waals surface area contributed by atoms with E-state index in [9.17, 15) is 4.79 Å². The highest BCUT2D eigenvalue weighted by molar-refractivity contribution is 6.33. The lowest BCUT2D eigenvalue weighted by Crippen LogP contribution is -2.20. The molecule has 0 saturated carbocycles. The third-order valence-corrected chi connectivity index (χ3v) is 3.28. The Morgan fingerprint density at radius 2 is 1.71 bits per heavy atom. The van der Waals surface area contributed by atoms with Crippen molar-refractivity contribution in [1.29, 1.82) is 0 Å². The number of anilines is 1. The molecule has 0 unspecified atom stereocenters. The van der Waals surface area contributed by atoms with Gasteiger partial charge in [-0.15, -0.1) is 0 Å². The molecule has 1 N–H and O–H groups in total. The number of nitrogens with one attached hydrogen (secondary N) is 1. The average molecular weight is 304 g/mol. The minimum atomic E-state index is -0.236. The molecule has 1 amide bonds. The molecule has 0 spiro atoms. The van der Waals surface area contributed by atoms with Crippen molar-refractivity contribution in [3.05, 3.63) is 58.1 Å². The monoisotopic (exact) mass is 303 g/mol. The highest BCUT2D eigenvalue weighted by Crippen LogP contribution is 2.22. The fraction of sp³-hybridized carbons (Fsp3) is 0.235. The van der Waals surface area contributed by atoms with E-state index in [0.717, 1.165) is 16.7 Å². The Bertz CT molecular complexity index is 648. The predicted octanol–water partition coefficient (Wildman–Crippen LogP) is 4.28. The van der Waals surface area contributed by atoms with Gasteiger partial charge in [0.25, 0.3) is 5.91 Å². The Morgan fingerprint density at radius 3 is 2.33 bits per heavy atom. The van der Waals surface area contributed by atoms with Gasteiger partial charge in [-0.3, -0.25) is 4.79 Å². The number of hydrogen-bond acceptors (Lipinski definition) is 2. The van der Waals surface area contributed by atoms with Crippen molar-refractivity contribution in [3.63, 3.8) is 0 Å². The Labute approximate surface area is 129 Å². The van der Waals surface area contributed by atoms with Crippen LogP contribution in [0, 0.1) is 20.8 Å². The Kier molecular flexibility index (Phi) is 4.86. The molecule has 2 aromatic rings. The lowest BCUT2D eigenvalue weighted by atomic mass is 10.1. The number of ether oxygens (including phenoxy) is 1. The third-order valence-electron chi connectivity index (χ3n) is 2.96. The van der Waals surface area contributed by atoms with E-state index in [2.05, 4.69) is 11.4 Å². The van der Waals surface area contributed by atoms with Crippen molar-refractivity contribution in [2.24, 2.45) is 0 Å². The van der Waals surface area contributed by atoms with Crippen molar-refractivity contribution < 1.29 is 9.53 Å². The molecular formula is C17H18ClNO2. The Balaban J connectivity index is 1.95. The normalized spacial score (nSPS) is 10.3. The summed E-state index contributed by atoms with van der Waals surface area (Å²) in [7, 11) is 0. The molecule has 0 aliphatic carbocycles. The summed E-state index contributed by atoms with van der Waals surface area (Å²) in [4.78, 5) is 11.9. The lowest BCUT2D eigenvalue weighted by Gasteiger charge is -2.10. The van der Waals surface area contributed by atoms with Gasteiger partial charge in [0, 0.05) is 0 Å². The number of benzene rings is 2. The maximum atomic E-state index is 11.9. The van der Waals surface area contributed by atoms with E-state index in [0.29, 0.717) is 16.5 Å². The molecule has 0 radical (unpaired) electrons. The topological polar surface area (TPSA) is 38.3 Å². The summed E-state index contributed by atoms with van der Waals surface area (Å²) < 4.78 is 5.51. The second kappa shape index (κ2) is 6.64. The van der Waals surface area contributed by atoms with Gasteiger partial charge in [-0.25, -0.2) is 0 Å². The molecule has 0 fully saturated rings. The standard InChI is InChI=1S/C17H18ClNO2/c1-11-4-5-16(15(18)9-11)19-17(20)10-21-14-7-12(2)6-13(3)8-14/h4-9H,10H2,1-3H3,(H,19,20). The van der Waals surface area contributed by atoms with E-state index in [4.69, 9.17) is 16.3 Å². The number of aryl methyl sites for hydroxylation is 3. The number of rotatable bonds is 4. The van der Waals surface area contributed by atoms with E-state index >= 15 is 0 Å². The van der Waals surface area contributed by atoms with Crippen LogP contribution in [0.1, 0.15) is 16.7 Å². The summed E-state index contributed by atoms with van der Waals surface area (Å²) >= 11 is 6.08. The van der Waals surface area contributed by atoms with Gasteiger partial charge in [0.05, 0.1) is 10.7 Å². The van der Waals surface area contributed by atoms with Gasteiger partial charge in [0.2, 0.25) is 0 Å². The number of carbonyl (C=O) groups excluding carboxylic acids is 1. The van der Waals surface area contributed by atoms with Crippen molar-refractivity contribution >= 4 is 23.2 Å². The number of carbonyl (C=O) groups is 1. The van der Waals surface area contributed by atoms with Gasteiger partial charge in [-0.2, -0.15) is 0 Å². The minimum Gasteiger partial charge on any atom is -0.484 e.